The Labute approximate surface area is 156 Å². The highest BCUT2D eigenvalue weighted by molar-refractivity contribution is 5.92. The average Bonchev–Trinajstić information content (AvgIpc) is 3.25. The molecule has 27 heavy (non-hydrogen) atoms. The van der Waals surface area contributed by atoms with Crippen LogP contribution in [-0.2, 0) is 28.5 Å². The lowest BCUT2D eigenvalue weighted by Crippen LogP contribution is -2.19. The molecule has 1 saturated heterocycles. The van der Waals surface area contributed by atoms with E-state index in [1.165, 1.54) is 11.6 Å². The van der Waals surface area contributed by atoms with Crippen molar-refractivity contribution in [2.75, 3.05) is 19.8 Å². The summed E-state index contributed by atoms with van der Waals surface area (Å²) in [6, 6.07) is 0. The van der Waals surface area contributed by atoms with Crippen LogP contribution in [0, 0.1) is 11.8 Å². The SMILES string of the molecule is CCOC(=O)C#Cc1c(C(=O)OCC)nnn1[C@H]1CC[C@@H](COC(C)=O)O1. The first-order valence-electron chi connectivity index (χ1n) is 8.56. The van der Waals surface area contributed by atoms with Crippen molar-refractivity contribution in [1.29, 1.82) is 0 Å². The molecular formula is C17H21N3O7. The smallest absolute Gasteiger partial charge is 0.384 e. The Morgan fingerprint density at radius 3 is 2.59 bits per heavy atom. The average molecular weight is 379 g/mol. The van der Waals surface area contributed by atoms with Gasteiger partial charge in [-0.3, -0.25) is 4.79 Å². The van der Waals surface area contributed by atoms with E-state index in [9.17, 15) is 14.4 Å². The number of aromatic nitrogens is 3. The Morgan fingerprint density at radius 2 is 1.93 bits per heavy atom. The maximum atomic E-state index is 12.1. The van der Waals surface area contributed by atoms with Crippen LogP contribution in [0.15, 0.2) is 0 Å². The predicted molar refractivity (Wildman–Crippen MR) is 89.3 cm³/mol. The molecule has 2 atom stereocenters. The van der Waals surface area contributed by atoms with Crippen LogP contribution < -0.4 is 0 Å². The molecule has 0 bridgehead atoms. The highest BCUT2D eigenvalue weighted by atomic mass is 16.6. The minimum atomic E-state index is -0.736. The summed E-state index contributed by atoms with van der Waals surface area (Å²) >= 11 is 0. The van der Waals surface area contributed by atoms with Gasteiger partial charge < -0.3 is 18.9 Å². The normalized spacial score (nSPS) is 18.3. The monoisotopic (exact) mass is 379 g/mol. The van der Waals surface area contributed by atoms with Crippen LogP contribution >= 0.6 is 0 Å². The van der Waals surface area contributed by atoms with Crippen molar-refractivity contribution in [1.82, 2.24) is 15.0 Å². The van der Waals surface area contributed by atoms with Crippen molar-refractivity contribution < 1.29 is 33.3 Å². The van der Waals surface area contributed by atoms with Gasteiger partial charge in [0, 0.05) is 12.8 Å². The van der Waals surface area contributed by atoms with Gasteiger partial charge in [-0.1, -0.05) is 5.21 Å². The van der Waals surface area contributed by atoms with Crippen molar-refractivity contribution in [2.45, 2.75) is 45.9 Å². The van der Waals surface area contributed by atoms with E-state index in [4.69, 9.17) is 18.9 Å². The van der Waals surface area contributed by atoms with E-state index >= 15 is 0 Å². The van der Waals surface area contributed by atoms with Crippen LogP contribution in [-0.4, -0.2) is 58.8 Å². The van der Waals surface area contributed by atoms with Crippen molar-refractivity contribution in [2.24, 2.45) is 0 Å². The number of carbonyl (C=O) groups is 3. The first kappa shape index (κ1) is 20.4. The third kappa shape index (κ3) is 5.52. The zero-order valence-corrected chi connectivity index (χ0v) is 15.4. The van der Waals surface area contributed by atoms with Crippen LogP contribution in [0.25, 0.3) is 0 Å². The number of carbonyl (C=O) groups excluding carboxylic acids is 3. The molecule has 2 heterocycles. The molecule has 0 spiro atoms. The van der Waals surface area contributed by atoms with Crippen molar-refractivity contribution in [3.05, 3.63) is 11.4 Å². The molecule has 146 valence electrons. The zero-order chi connectivity index (χ0) is 19.8. The molecule has 0 saturated carbocycles. The number of ether oxygens (including phenoxy) is 4. The molecule has 1 aromatic heterocycles. The summed E-state index contributed by atoms with van der Waals surface area (Å²) in [7, 11) is 0. The minimum absolute atomic E-state index is 0.0969. The number of hydrogen-bond acceptors (Lipinski definition) is 9. The highest BCUT2D eigenvalue weighted by Gasteiger charge is 2.32. The van der Waals surface area contributed by atoms with E-state index < -0.39 is 24.1 Å². The van der Waals surface area contributed by atoms with Gasteiger partial charge >= 0.3 is 17.9 Å². The maximum Gasteiger partial charge on any atom is 0.384 e. The van der Waals surface area contributed by atoms with E-state index in [0.717, 1.165) is 0 Å². The Kier molecular flexibility index (Phi) is 7.31. The molecule has 1 aromatic rings. The van der Waals surface area contributed by atoms with Crippen LogP contribution in [0.1, 0.15) is 56.0 Å². The van der Waals surface area contributed by atoms with E-state index in [1.807, 2.05) is 0 Å². The Bertz CT molecular complexity index is 762. The van der Waals surface area contributed by atoms with Gasteiger partial charge in [-0.15, -0.1) is 5.10 Å². The molecular weight excluding hydrogens is 358 g/mol. The summed E-state index contributed by atoms with van der Waals surface area (Å²) in [6.45, 7) is 5.09. The number of hydrogen-bond donors (Lipinski definition) is 0. The quantitative estimate of drug-likeness (QED) is 0.398. The predicted octanol–water partition coefficient (Wildman–Crippen LogP) is 0.610. The van der Waals surface area contributed by atoms with E-state index in [2.05, 4.69) is 22.2 Å². The Balaban J connectivity index is 2.24. The van der Waals surface area contributed by atoms with E-state index in [-0.39, 0.29) is 37.3 Å². The van der Waals surface area contributed by atoms with Gasteiger partial charge in [-0.25, -0.2) is 14.3 Å². The second kappa shape index (κ2) is 9.68. The minimum Gasteiger partial charge on any atom is -0.463 e. The summed E-state index contributed by atoms with van der Waals surface area (Å²) in [5.74, 6) is 3.04. The highest BCUT2D eigenvalue weighted by Crippen LogP contribution is 2.29. The van der Waals surface area contributed by atoms with Crippen LogP contribution in [0.3, 0.4) is 0 Å². The molecule has 0 unspecified atom stereocenters. The molecule has 1 aliphatic heterocycles. The molecule has 0 aliphatic carbocycles. The third-order valence-corrected chi connectivity index (χ3v) is 3.55. The molecule has 0 amide bonds. The summed E-state index contributed by atoms with van der Waals surface area (Å²) in [4.78, 5) is 34.6. The van der Waals surface area contributed by atoms with Gasteiger partial charge in [0.05, 0.1) is 19.3 Å². The number of nitrogens with zero attached hydrogens (tertiary/aromatic N) is 3. The molecule has 10 heteroatoms. The van der Waals surface area contributed by atoms with Gasteiger partial charge in [-0.05, 0) is 32.6 Å². The summed E-state index contributed by atoms with van der Waals surface area (Å²) < 4.78 is 21.8. The molecule has 0 radical (unpaired) electrons. The standard InChI is InChI=1S/C17H21N3O7/c1-4-24-15(22)9-7-13-16(17(23)25-5-2)18-19-20(13)14-8-6-12(27-14)10-26-11(3)21/h12,14H,4-6,8,10H2,1-3H3/t12-,14+/m0/s1. The zero-order valence-electron chi connectivity index (χ0n) is 15.4. The second-order valence-electron chi connectivity index (χ2n) is 5.51. The van der Waals surface area contributed by atoms with Crippen LogP contribution in [0.2, 0.25) is 0 Å². The van der Waals surface area contributed by atoms with Crippen molar-refractivity contribution >= 4 is 17.9 Å². The lowest BCUT2D eigenvalue weighted by Gasteiger charge is -2.14. The van der Waals surface area contributed by atoms with Crippen molar-refractivity contribution in [3.8, 4) is 11.8 Å². The topological polar surface area (TPSA) is 119 Å². The number of esters is 3. The third-order valence-electron chi connectivity index (χ3n) is 3.55. The molecule has 10 nitrogen and oxygen atoms in total. The molecule has 2 rings (SSSR count). The summed E-state index contributed by atoms with van der Waals surface area (Å²) in [5, 5.41) is 7.75. The summed E-state index contributed by atoms with van der Waals surface area (Å²) in [5.41, 5.74) is -0.0136. The van der Waals surface area contributed by atoms with Crippen molar-refractivity contribution in [3.63, 3.8) is 0 Å². The largest absolute Gasteiger partial charge is 0.463 e. The first-order valence-corrected chi connectivity index (χ1v) is 8.56. The van der Waals surface area contributed by atoms with Gasteiger partial charge in [0.25, 0.3) is 0 Å². The van der Waals surface area contributed by atoms with Crippen LogP contribution in [0.5, 0.6) is 0 Å². The Hall–Kier alpha value is -2.93. The number of rotatable bonds is 6. The van der Waals surface area contributed by atoms with Gasteiger partial charge in [-0.2, -0.15) is 0 Å². The fourth-order valence-corrected chi connectivity index (χ4v) is 2.43. The Morgan fingerprint density at radius 1 is 1.19 bits per heavy atom. The van der Waals surface area contributed by atoms with Gasteiger partial charge in [0.2, 0.25) is 5.69 Å². The molecule has 0 N–H and O–H groups in total. The first-order chi connectivity index (χ1) is 13.0. The molecule has 1 aliphatic rings. The fourth-order valence-electron chi connectivity index (χ4n) is 2.43. The fraction of sp³-hybridized carbons (Fsp3) is 0.588. The van der Waals surface area contributed by atoms with E-state index in [0.29, 0.717) is 12.8 Å². The maximum absolute atomic E-state index is 12.1. The van der Waals surface area contributed by atoms with Crippen LogP contribution in [0.4, 0.5) is 0 Å². The summed E-state index contributed by atoms with van der Waals surface area (Å²) in [6.07, 6.45) is 0.302. The van der Waals surface area contributed by atoms with Gasteiger partial charge in [0.15, 0.2) is 6.23 Å². The molecule has 1 fully saturated rings. The lowest BCUT2D eigenvalue weighted by molar-refractivity contribution is -0.146. The lowest BCUT2D eigenvalue weighted by atomic mass is 10.2. The van der Waals surface area contributed by atoms with Gasteiger partial charge in [0.1, 0.15) is 12.3 Å². The van der Waals surface area contributed by atoms with E-state index in [1.54, 1.807) is 13.8 Å². The second-order valence-corrected chi connectivity index (χ2v) is 5.51. The molecule has 0 aromatic carbocycles.